The Kier molecular flexibility index (Phi) is 2.82. The van der Waals surface area contributed by atoms with Crippen molar-refractivity contribution in [3.8, 4) is 0 Å². The predicted octanol–water partition coefficient (Wildman–Crippen LogP) is 1.22. The van der Waals surface area contributed by atoms with Gasteiger partial charge in [0.25, 0.3) is 0 Å². The zero-order valence-electron chi connectivity index (χ0n) is 6.66. The monoisotopic (exact) mass is 159 g/mol. The first-order valence-electron chi connectivity index (χ1n) is 3.95. The van der Waals surface area contributed by atoms with Crippen LogP contribution in [0.1, 0.15) is 26.2 Å². The molecule has 1 saturated heterocycles. The van der Waals surface area contributed by atoms with Gasteiger partial charge in [-0.1, -0.05) is 0 Å². The minimum Gasteiger partial charge on any atom is -0.378 e. The van der Waals surface area contributed by atoms with Gasteiger partial charge in [-0.25, -0.2) is 0 Å². The molecular formula is C7H13NO3. The van der Waals surface area contributed by atoms with Gasteiger partial charge in [-0.3, -0.25) is 10.1 Å². The Morgan fingerprint density at radius 1 is 1.82 bits per heavy atom. The molecule has 0 aromatic carbocycles. The van der Waals surface area contributed by atoms with Gasteiger partial charge in [0, 0.05) is 24.9 Å². The Balaban J connectivity index is 2.23. The number of rotatable bonds is 3. The highest BCUT2D eigenvalue weighted by Gasteiger charge is 2.23. The quantitative estimate of drug-likeness (QED) is 0.459. The second kappa shape index (κ2) is 3.67. The highest BCUT2D eigenvalue weighted by Crippen LogP contribution is 2.17. The fourth-order valence-corrected chi connectivity index (χ4v) is 1.30. The minimum atomic E-state index is -0.460. The molecule has 0 aliphatic carbocycles. The molecule has 2 unspecified atom stereocenters. The number of nitro groups is 1. The van der Waals surface area contributed by atoms with Crippen LogP contribution in [0.25, 0.3) is 0 Å². The van der Waals surface area contributed by atoms with Crippen LogP contribution in [0.15, 0.2) is 0 Å². The van der Waals surface area contributed by atoms with Crippen molar-refractivity contribution in [3.05, 3.63) is 10.1 Å². The van der Waals surface area contributed by atoms with Crippen LogP contribution in [0.3, 0.4) is 0 Å². The number of hydrogen-bond acceptors (Lipinski definition) is 3. The van der Waals surface area contributed by atoms with Crippen molar-refractivity contribution >= 4 is 0 Å². The molecule has 0 aromatic rings. The normalized spacial score (nSPS) is 26.8. The van der Waals surface area contributed by atoms with E-state index in [-0.39, 0.29) is 11.0 Å². The van der Waals surface area contributed by atoms with Gasteiger partial charge >= 0.3 is 0 Å². The summed E-state index contributed by atoms with van der Waals surface area (Å²) in [5, 5.41) is 10.2. The van der Waals surface area contributed by atoms with Crippen molar-refractivity contribution in [2.24, 2.45) is 0 Å². The molecule has 11 heavy (non-hydrogen) atoms. The summed E-state index contributed by atoms with van der Waals surface area (Å²) in [5.41, 5.74) is 0. The standard InChI is InChI=1S/C7H13NO3/c1-6(8(9)10)5-7-3-2-4-11-7/h6-7H,2-5H2,1H3. The molecule has 0 radical (unpaired) electrons. The van der Waals surface area contributed by atoms with E-state index < -0.39 is 6.04 Å². The Bertz CT molecular complexity index is 143. The van der Waals surface area contributed by atoms with Crippen LogP contribution in [0.5, 0.6) is 0 Å². The molecule has 1 fully saturated rings. The second-order valence-corrected chi connectivity index (χ2v) is 3.01. The topological polar surface area (TPSA) is 52.4 Å². The Morgan fingerprint density at radius 2 is 2.55 bits per heavy atom. The van der Waals surface area contributed by atoms with Crippen LogP contribution in [0.2, 0.25) is 0 Å². The van der Waals surface area contributed by atoms with Gasteiger partial charge < -0.3 is 4.74 Å². The Labute approximate surface area is 65.7 Å². The Morgan fingerprint density at radius 3 is 3.00 bits per heavy atom. The van der Waals surface area contributed by atoms with Crippen molar-refractivity contribution in [1.29, 1.82) is 0 Å². The summed E-state index contributed by atoms with van der Waals surface area (Å²) < 4.78 is 5.27. The molecule has 1 aliphatic heterocycles. The van der Waals surface area contributed by atoms with Crippen LogP contribution in [-0.4, -0.2) is 23.7 Å². The van der Waals surface area contributed by atoms with Gasteiger partial charge in [-0.15, -0.1) is 0 Å². The molecule has 64 valence electrons. The van der Waals surface area contributed by atoms with Crippen LogP contribution in [0.4, 0.5) is 0 Å². The minimum absolute atomic E-state index is 0.135. The summed E-state index contributed by atoms with van der Waals surface area (Å²) >= 11 is 0. The van der Waals surface area contributed by atoms with Gasteiger partial charge in [-0.05, 0) is 12.8 Å². The predicted molar refractivity (Wildman–Crippen MR) is 40.0 cm³/mol. The third-order valence-corrected chi connectivity index (χ3v) is 1.99. The lowest BCUT2D eigenvalue weighted by Gasteiger charge is -2.09. The smallest absolute Gasteiger partial charge is 0.212 e. The summed E-state index contributed by atoms with van der Waals surface area (Å²) in [6.07, 6.45) is 2.73. The van der Waals surface area contributed by atoms with Gasteiger partial charge in [0.05, 0.1) is 6.10 Å². The van der Waals surface area contributed by atoms with Gasteiger partial charge in [0.2, 0.25) is 6.04 Å². The fourth-order valence-electron chi connectivity index (χ4n) is 1.30. The van der Waals surface area contributed by atoms with E-state index in [1.165, 1.54) is 0 Å². The molecule has 0 bridgehead atoms. The molecule has 0 saturated carbocycles. The van der Waals surface area contributed by atoms with Crippen LogP contribution in [0, 0.1) is 10.1 Å². The molecule has 0 amide bonds. The van der Waals surface area contributed by atoms with E-state index in [1.807, 2.05) is 0 Å². The Hall–Kier alpha value is -0.640. The highest BCUT2D eigenvalue weighted by atomic mass is 16.6. The van der Waals surface area contributed by atoms with Crippen LogP contribution in [-0.2, 0) is 4.74 Å². The van der Waals surface area contributed by atoms with E-state index >= 15 is 0 Å². The number of nitrogens with zero attached hydrogens (tertiary/aromatic N) is 1. The molecule has 0 aromatic heterocycles. The van der Waals surface area contributed by atoms with E-state index in [9.17, 15) is 10.1 Å². The largest absolute Gasteiger partial charge is 0.378 e. The van der Waals surface area contributed by atoms with Crippen molar-refractivity contribution < 1.29 is 9.66 Å². The van der Waals surface area contributed by atoms with Crippen molar-refractivity contribution in [1.82, 2.24) is 0 Å². The molecule has 1 rings (SSSR count). The SMILES string of the molecule is CC(CC1CCCO1)[N+](=O)[O-]. The average Bonchev–Trinajstić information content (AvgIpc) is 2.39. The lowest BCUT2D eigenvalue weighted by molar-refractivity contribution is -0.520. The van der Waals surface area contributed by atoms with Crippen LogP contribution < -0.4 is 0 Å². The second-order valence-electron chi connectivity index (χ2n) is 3.01. The van der Waals surface area contributed by atoms with Crippen molar-refractivity contribution in [2.75, 3.05) is 6.61 Å². The third-order valence-electron chi connectivity index (χ3n) is 1.99. The molecule has 0 spiro atoms. The lowest BCUT2D eigenvalue weighted by Crippen LogP contribution is -2.21. The summed E-state index contributed by atoms with van der Waals surface area (Å²) in [6.45, 7) is 2.40. The molecule has 0 N–H and O–H groups in total. The average molecular weight is 159 g/mol. The third kappa shape index (κ3) is 2.46. The first-order chi connectivity index (χ1) is 5.20. The molecule has 1 aliphatic rings. The van der Waals surface area contributed by atoms with E-state index in [0.717, 1.165) is 19.4 Å². The molecular weight excluding hydrogens is 146 g/mol. The van der Waals surface area contributed by atoms with Gasteiger partial charge in [0.15, 0.2) is 0 Å². The van der Waals surface area contributed by atoms with Crippen molar-refractivity contribution in [2.45, 2.75) is 38.3 Å². The first-order valence-corrected chi connectivity index (χ1v) is 3.95. The van der Waals surface area contributed by atoms with E-state index in [2.05, 4.69) is 0 Å². The van der Waals surface area contributed by atoms with E-state index in [0.29, 0.717) is 6.42 Å². The zero-order chi connectivity index (χ0) is 8.27. The van der Waals surface area contributed by atoms with Gasteiger partial charge in [-0.2, -0.15) is 0 Å². The highest BCUT2D eigenvalue weighted by molar-refractivity contribution is 4.67. The maximum absolute atomic E-state index is 10.2. The van der Waals surface area contributed by atoms with E-state index in [4.69, 9.17) is 4.74 Å². The number of ether oxygens (including phenoxy) is 1. The van der Waals surface area contributed by atoms with Crippen LogP contribution >= 0.6 is 0 Å². The summed E-state index contributed by atoms with van der Waals surface area (Å²) in [7, 11) is 0. The summed E-state index contributed by atoms with van der Waals surface area (Å²) in [6, 6.07) is -0.460. The van der Waals surface area contributed by atoms with Gasteiger partial charge in [0.1, 0.15) is 0 Å². The molecule has 2 atom stereocenters. The molecule has 4 nitrogen and oxygen atoms in total. The number of hydrogen-bond donors (Lipinski definition) is 0. The fraction of sp³-hybridized carbons (Fsp3) is 1.00. The summed E-state index contributed by atoms with van der Waals surface area (Å²) in [4.78, 5) is 9.99. The molecule has 4 heteroatoms. The lowest BCUT2D eigenvalue weighted by atomic mass is 10.1. The van der Waals surface area contributed by atoms with Crippen molar-refractivity contribution in [3.63, 3.8) is 0 Å². The maximum atomic E-state index is 10.2. The van der Waals surface area contributed by atoms with E-state index in [1.54, 1.807) is 6.92 Å². The maximum Gasteiger partial charge on any atom is 0.212 e. The summed E-state index contributed by atoms with van der Waals surface area (Å²) in [5.74, 6) is 0. The molecule has 1 heterocycles. The first kappa shape index (κ1) is 8.46. The zero-order valence-corrected chi connectivity index (χ0v) is 6.66.